The molecule has 2 aromatic rings. The lowest BCUT2D eigenvalue weighted by Crippen LogP contribution is -2.15. The number of fused-ring (bicyclic) bond motifs is 2. The van der Waals surface area contributed by atoms with Gasteiger partial charge in [-0.3, -0.25) is 4.79 Å². The van der Waals surface area contributed by atoms with Crippen LogP contribution in [0.25, 0.3) is 0 Å². The second kappa shape index (κ2) is 7.86. The van der Waals surface area contributed by atoms with Gasteiger partial charge < -0.3 is 15.5 Å². The summed E-state index contributed by atoms with van der Waals surface area (Å²) in [6.07, 6.45) is 5.88. The van der Waals surface area contributed by atoms with Crippen LogP contribution in [0, 0.1) is 0 Å². The number of hydrogen-bond acceptors (Lipinski definition) is 7. The number of nitrogens with two attached hydrogens (primary N) is 1. The smallest absolute Gasteiger partial charge is 0.257 e. The van der Waals surface area contributed by atoms with Gasteiger partial charge in [-0.2, -0.15) is 4.98 Å². The summed E-state index contributed by atoms with van der Waals surface area (Å²) in [5, 5.41) is 10.9. The van der Waals surface area contributed by atoms with Crippen LogP contribution in [-0.2, 0) is 10.0 Å². The van der Waals surface area contributed by atoms with Gasteiger partial charge in [0.25, 0.3) is 5.91 Å². The van der Waals surface area contributed by atoms with Crippen LogP contribution in [0.1, 0.15) is 17.3 Å². The van der Waals surface area contributed by atoms with E-state index in [9.17, 15) is 13.2 Å². The summed E-state index contributed by atoms with van der Waals surface area (Å²) in [7, 11) is -2.03. The maximum Gasteiger partial charge on any atom is 0.257 e. The Morgan fingerprint density at radius 1 is 1.34 bits per heavy atom. The average Bonchev–Trinajstić information content (AvgIpc) is 2.77. The van der Waals surface area contributed by atoms with Crippen molar-refractivity contribution in [1.82, 2.24) is 9.97 Å². The number of amides is 1. The fraction of sp³-hybridized carbons (Fsp3) is 0.105. The molecule has 29 heavy (non-hydrogen) atoms. The summed E-state index contributed by atoms with van der Waals surface area (Å²) >= 11 is 0. The van der Waals surface area contributed by atoms with Gasteiger partial charge in [-0.15, -0.1) is 0 Å². The number of sulfonamides is 1. The number of hydrogen-bond donors (Lipinski definition) is 3. The van der Waals surface area contributed by atoms with E-state index < -0.39 is 10.0 Å². The lowest BCUT2D eigenvalue weighted by atomic mass is 10.1. The van der Waals surface area contributed by atoms with E-state index >= 15 is 0 Å². The van der Waals surface area contributed by atoms with Crippen molar-refractivity contribution in [3.63, 3.8) is 0 Å². The molecular weight excluding hydrogens is 392 g/mol. The van der Waals surface area contributed by atoms with Crippen molar-refractivity contribution in [2.75, 3.05) is 22.6 Å². The Bertz CT molecular complexity index is 1150. The molecule has 1 aromatic carbocycles. The summed E-state index contributed by atoms with van der Waals surface area (Å²) in [6, 6.07) is 7.17. The highest BCUT2D eigenvalue weighted by Gasteiger charge is 2.24. The highest BCUT2D eigenvalue weighted by atomic mass is 32.2. The second-order valence-electron chi connectivity index (χ2n) is 6.24. The average molecular weight is 412 g/mol. The highest BCUT2D eigenvalue weighted by molar-refractivity contribution is 7.93. The van der Waals surface area contributed by atoms with Gasteiger partial charge in [-0.25, -0.2) is 18.5 Å². The molecule has 1 aromatic heterocycles. The molecule has 1 aliphatic heterocycles. The Labute approximate surface area is 168 Å². The molecule has 0 atom stereocenters. The van der Waals surface area contributed by atoms with Crippen LogP contribution >= 0.6 is 0 Å². The minimum absolute atomic E-state index is 0.0360. The lowest BCUT2D eigenvalue weighted by molar-refractivity contribution is 0.102. The van der Waals surface area contributed by atoms with E-state index in [-0.39, 0.29) is 16.8 Å². The Balaban J connectivity index is 2.00. The zero-order chi connectivity index (χ0) is 21.2. The summed E-state index contributed by atoms with van der Waals surface area (Å²) in [5.41, 5.74) is 2.04. The van der Waals surface area contributed by atoms with Crippen LogP contribution < -0.4 is 20.7 Å². The molecular formula is C19H20N6O3S. The third-order valence-electron chi connectivity index (χ3n) is 4.21. The van der Waals surface area contributed by atoms with E-state index in [1.165, 1.54) is 25.3 Å². The number of nitrogens with one attached hydrogen (secondary N) is 2. The van der Waals surface area contributed by atoms with Crippen molar-refractivity contribution >= 4 is 39.1 Å². The molecule has 0 saturated heterocycles. The molecule has 10 heteroatoms. The number of anilines is 4. The molecule has 0 radical (unpaired) electrons. The van der Waals surface area contributed by atoms with E-state index in [1.54, 1.807) is 30.2 Å². The van der Waals surface area contributed by atoms with Crippen molar-refractivity contribution in [3.05, 3.63) is 71.4 Å². The first-order chi connectivity index (χ1) is 13.7. The third-order valence-corrected chi connectivity index (χ3v) is 5.22. The van der Waals surface area contributed by atoms with Gasteiger partial charge in [0.15, 0.2) is 5.82 Å². The molecule has 0 saturated carbocycles. The van der Waals surface area contributed by atoms with Gasteiger partial charge in [0.1, 0.15) is 5.69 Å². The largest absolute Gasteiger partial charge is 0.327 e. The fourth-order valence-corrected chi connectivity index (χ4v) is 3.01. The molecule has 0 unspecified atom stereocenters. The first-order valence-corrected chi connectivity index (χ1v) is 10.1. The molecule has 150 valence electrons. The van der Waals surface area contributed by atoms with Crippen molar-refractivity contribution in [1.29, 1.82) is 0 Å². The molecule has 0 aliphatic carbocycles. The van der Waals surface area contributed by atoms with E-state index in [1.807, 2.05) is 12.1 Å². The number of benzene rings is 1. The standard InChI is InChI=1S/C19H20N6O3S/c1-4-7-13(10-12(2)29(20,27)28)22-19-21-11-15-17(24-19)25(3)16-9-6-5-8-14(16)18(26)23-15/h4-11H,1H2,2-3H3,(H,23,26)(H2,20,27,28)(H,21,22,24)/b12-10+,13-7+. The highest BCUT2D eigenvalue weighted by Crippen LogP contribution is 2.35. The van der Waals surface area contributed by atoms with Gasteiger partial charge in [-0.1, -0.05) is 24.8 Å². The number of allylic oxidation sites excluding steroid dienone is 4. The third kappa shape index (κ3) is 4.33. The Morgan fingerprint density at radius 2 is 2.07 bits per heavy atom. The summed E-state index contributed by atoms with van der Waals surface area (Å²) in [4.78, 5) is 22.9. The van der Waals surface area contributed by atoms with Crippen LogP contribution in [0.3, 0.4) is 0 Å². The van der Waals surface area contributed by atoms with Crippen molar-refractivity contribution in [3.8, 4) is 0 Å². The van der Waals surface area contributed by atoms with Crippen LogP contribution in [-0.4, -0.2) is 31.3 Å². The Morgan fingerprint density at radius 3 is 2.76 bits per heavy atom. The second-order valence-corrected chi connectivity index (χ2v) is 7.98. The maximum atomic E-state index is 12.5. The van der Waals surface area contributed by atoms with Gasteiger partial charge >= 0.3 is 0 Å². The van der Waals surface area contributed by atoms with Gasteiger partial charge in [0.2, 0.25) is 16.0 Å². The summed E-state index contributed by atoms with van der Waals surface area (Å²) in [5.74, 6) is 0.427. The number of para-hydroxylation sites is 1. The topological polar surface area (TPSA) is 130 Å². The molecule has 4 N–H and O–H groups in total. The van der Waals surface area contributed by atoms with Crippen LogP contribution in [0.15, 0.2) is 65.9 Å². The van der Waals surface area contributed by atoms with E-state index in [2.05, 4.69) is 27.2 Å². The number of carbonyl (C=O) groups is 1. The van der Waals surface area contributed by atoms with Gasteiger partial charge in [0.05, 0.1) is 22.4 Å². The van der Waals surface area contributed by atoms with Crippen molar-refractivity contribution < 1.29 is 13.2 Å². The first kappa shape index (κ1) is 20.2. The van der Waals surface area contributed by atoms with Crippen molar-refractivity contribution in [2.24, 2.45) is 5.14 Å². The fourth-order valence-electron chi connectivity index (χ4n) is 2.72. The Hall–Kier alpha value is -3.50. The SMILES string of the molecule is C=C/C=C(\C=C(/C)S(N)(=O)=O)Nc1ncc2c(n1)N(C)c1ccccc1C(=O)N2. The number of carbonyl (C=O) groups excluding carboxylic acids is 1. The monoisotopic (exact) mass is 412 g/mol. The number of primary sulfonamides is 1. The summed E-state index contributed by atoms with van der Waals surface area (Å²) < 4.78 is 23.0. The first-order valence-electron chi connectivity index (χ1n) is 8.52. The van der Waals surface area contributed by atoms with E-state index in [0.717, 1.165) is 0 Å². The molecule has 9 nitrogen and oxygen atoms in total. The van der Waals surface area contributed by atoms with Gasteiger partial charge in [0, 0.05) is 12.7 Å². The molecule has 3 rings (SSSR count). The minimum Gasteiger partial charge on any atom is -0.327 e. The molecule has 1 aliphatic rings. The van der Waals surface area contributed by atoms with Gasteiger partial charge in [-0.05, 0) is 31.2 Å². The maximum absolute atomic E-state index is 12.5. The molecule has 0 spiro atoms. The zero-order valence-electron chi connectivity index (χ0n) is 15.9. The quantitative estimate of drug-likeness (QED) is 0.643. The minimum atomic E-state index is -3.83. The molecule has 0 bridgehead atoms. The Kier molecular flexibility index (Phi) is 5.48. The lowest BCUT2D eigenvalue weighted by Gasteiger charge is -2.20. The number of nitrogens with zero attached hydrogens (tertiary/aromatic N) is 3. The molecule has 1 amide bonds. The van der Waals surface area contributed by atoms with Crippen molar-refractivity contribution in [2.45, 2.75) is 6.92 Å². The number of rotatable bonds is 5. The van der Waals surface area contributed by atoms with E-state index in [0.29, 0.717) is 28.5 Å². The predicted molar refractivity (Wildman–Crippen MR) is 113 cm³/mol. The normalized spacial score (nSPS) is 14.4. The summed E-state index contributed by atoms with van der Waals surface area (Å²) in [6.45, 7) is 5.00. The van der Waals surface area contributed by atoms with Crippen LogP contribution in [0.4, 0.5) is 23.1 Å². The molecule has 2 heterocycles. The number of aromatic nitrogens is 2. The molecule has 0 fully saturated rings. The van der Waals surface area contributed by atoms with Crippen LogP contribution in [0.2, 0.25) is 0 Å². The van der Waals surface area contributed by atoms with E-state index in [4.69, 9.17) is 5.14 Å². The predicted octanol–water partition coefficient (Wildman–Crippen LogP) is 2.48. The zero-order valence-corrected chi connectivity index (χ0v) is 16.7. The van der Waals surface area contributed by atoms with Crippen LogP contribution in [0.5, 0.6) is 0 Å².